The molecule has 0 saturated carbocycles. The van der Waals surface area contributed by atoms with Crippen LogP contribution in [0.1, 0.15) is 71.0 Å². The summed E-state index contributed by atoms with van der Waals surface area (Å²) in [5.74, 6) is -4.44. The van der Waals surface area contributed by atoms with E-state index in [9.17, 15) is 20.2 Å². The van der Waals surface area contributed by atoms with E-state index in [2.05, 4.69) is 5.16 Å². The fourth-order valence-electron chi connectivity index (χ4n) is 5.67. The fraction of sp³-hybridized carbons (Fsp3) is 0.714. The fourth-order valence-corrected chi connectivity index (χ4v) is 5.67. The van der Waals surface area contributed by atoms with Crippen LogP contribution in [0.3, 0.4) is 0 Å². The highest BCUT2D eigenvalue weighted by Crippen LogP contribution is 2.41. The molecule has 2 heterocycles. The molecule has 2 saturated heterocycles. The number of nitrogens with zero attached hydrogens (tertiary/aromatic N) is 1. The maximum atomic E-state index is 13.5. The van der Waals surface area contributed by atoms with Crippen molar-refractivity contribution in [2.24, 2.45) is 22.9 Å². The first-order valence-electron chi connectivity index (χ1n) is 13.3. The van der Waals surface area contributed by atoms with E-state index < -0.39 is 48.0 Å². The molecule has 2 bridgehead atoms. The third-order valence-corrected chi connectivity index (χ3v) is 8.10. The zero-order valence-corrected chi connectivity index (χ0v) is 22.6. The number of cyclic esters (lactones) is 1. The van der Waals surface area contributed by atoms with Crippen molar-refractivity contribution in [1.82, 2.24) is 0 Å². The van der Waals surface area contributed by atoms with Crippen molar-refractivity contribution < 1.29 is 39.2 Å². The molecule has 2 aliphatic heterocycles. The van der Waals surface area contributed by atoms with Crippen LogP contribution in [0.25, 0.3) is 0 Å². The number of hydrogen-bond acceptors (Lipinski definition) is 9. The molecule has 9 heteroatoms. The molecule has 0 spiro atoms. The molecule has 37 heavy (non-hydrogen) atoms. The van der Waals surface area contributed by atoms with Gasteiger partial charge in [0, 0.05) is 20.1 Å². The number of aliphatic hydroxyl groups excluding tert-OH is 1. The number of esters is 1. The largest absolute Gasteiger partial charge is 0.457 e. The van der Waals surface area contributed by atoms with E-state index in [4.69, 9.17) is 18.9 Å². The Morgan fingerprint density at radius 3 is 2.30 bits per heavy atom. The van der Waals surface area contributed by atoms with Crippen LogP contribution in [-0.4, -0.2) is 71.5 Å². The van der Waals surface area contributed by atoms with Crippen LogP contribution >= 0.6 is 0 Å². The van der Waals surface area contributed by atoms with Gasteiger partial charge in [-0.2, -0.15) is 0 Å². The summed E-state index contributed by atoms with van der Waals surface area (Å²) in [6.07, 6.45) is 0.619. The number of oxime groups is 1. The van der Waals surface area contributed by atoms with E-state index in [0.717, 1.165) is 18.4 Å². The normalized spacial score (nSPS) is 39.8. The second kappa shape index (κ2) is 13.2. The molecule has 0 aromatic heterocycles. The number of methoxy groups -OCH3 is 2. The number of aliphatic hydroxyl groups is 2. The number of hydrogen-bond donors (Lipinski definition) is 3. The third kappa shape index (κ3) is 6.52. The molecular weight excluding hydrogens is 478 g/mol. The van der Waals surface area contributed by atoms with Crippen molar-refractivity contribution >= 4 is 11.7 Å². The first-order chi connectivity index (χ1) is 17.7. The maximum absolute atomic E-state index is 13.5. The lowest BCUT2D eigenvalue weighted by Crippen LogP contribution is -2.65. The van der Waals surface area contributed by atoms with Crippen molar-refractivity contribution in [3.63, 3.8) is 0 Å². The van der Waals surface area contributed by atoms with Crippen molar-refractivity contribution in [3.05, 3.63) is 35.9 Å². The second-order valence-corrected chi connectivity index (χ2v) is 10.5. The molecule has 9 atom stereocenters. The standard InChI is InChI=1S/C28H43NO8/c1-17-15-16-21(30)23(34-4)14-10-9-13-22(20-11-7-6-8-12-20)36-27(31)19(3)28(32)26(35-5)24(29-33)18(2)25(17)37-28/h6-8,11-12,17-19,21-23,25-26,30,32-33H,9-10,13-16H2,1-5H3/b29-24+. The van der Waals surface area contributed by atoms with Crippen molar-refractivity contribution in [1.29, 1.82) is 0 Å². The highest BCUT2D eigenvalue weighted by atomic mass is 16.7. The van der Waals surface area contributed by atoms with Gasteiger partial charge in [0.05, 0.1) is 24.0 Å². The van der Waals surface area contributed by atoms with Gasteiger partial charge in [0.2, 0.25) is 5.79 Å². The Balaban J connectivity index is 1.99. The maximum Gasteiger partial charge on any atom is 0.314 e. The van der Waals surface area contributed by atoms with E-state index in [1.54, 1.807) is 14.0 Å². The molecule has 0 amide bonds. The van der Waals surface area contributed by atoms with E-state index >= 15 is 0 Å². The highest BCUT2D eigenvalue weighted by molar-refractivity contribution is 5.93. The second-order valence-electron chi connectivity index (χ2n) is 10.5. The molecule has 1 aromatic rings. The Morgan fingerprint density at radius 2 is 1.68 bits per heavy atom. The van der Waals surface area contributed by atoms with Crippen LogP contribution < -0.4 is 0 Å². The molecule has 3 N–H and O–H groups in total. The van der Waals surface area contributed by atoms with Crippen LogP contribution in [0.2, 0.25) is 0 Å². The first-order valence-corrected chi connectivity index (χ1v) is 13.3. The van der Waals surface area contributed by atoms with E-state index in [0.29, 0.717) is 25.7 Å². The van der Waals surface area contributed by atoms with Gasteiger partial charge in [-0.15, -0.1) is 0 Å². The lowest BCUT2D eigenvalue weighted by molar-refractivity contribution is -0.312. The van der Waals surface area contributed by atoms with Gasteiger partial charge in [-0.25, -0.2) is 0 Å². The number of ether oxygens (including phenoxy) is 4. The van der Waals surface area contributed by atoms with Crippen molar-refractivity contribution in [2.45, 2.75) is 95.6 Å². The molecule has 2 fully saturated rings. The van der Waals surface area contributed by atoms with Crippen LogP contribution in [-0.2, 0) is 23.7 Å². The van der Waals surface area contributed by atoms with Gasteiger partial charge in [-0.1, -0.05) is 55.8 Å². The molecule has 0 aliphatic carbocycles. The average molecular weight is 522 g/mol. The minimum atomic E-state index is -2.12. The van der Waals surface area contributed by atoms with E-state index in [-0.39, 0.29) is 17.7 Å². The van der Waals surface area contributed by atoms with Crippen LogP contribution in [0.15, 0.2) is 35.5 Å². The summed E-state index contributed by atoms with van der Waals surface area (Å²) in [7, 11) is 2.98. The quantitative estimate of drug-likeness (QED) is 0.311. The molecular formula is C28H43NO8. The minimum absolute atomic E-state index is 0.142. The Bertz CT molecular complexity index is 895. The lowest BCUT2D eigenvalue weighted by atomic mass is 9.77. The molecule has 9 nitrogen and oxygen atoms in total. The summed E-state index contributed by atoms with van der Waals surface area (Å²) in [5, 5.41) is 36.0. The molecule has 1 aromatic carbocycles. The van der Waals surface area contributed by atoms with Gasteiger partial charge in [0.1, 0.15) is 12.0 Å². The van der Waals surface area contributed by atoms with Crippen LogP contribution in [0.4, 0.5) is 0 Å². The Hall–Kier alpha value is -2.04. The number of carbonyl (C=O) groups excluding carboxylic acids is 1. The van der Waals surface area contributed by atoms with E-state index in [1.807, 2.05) is 44.2 Å². The number of benzene rings is 1. The summed E-state index contributed by atoms with van der Waals surface area (Å²) in [6, 6.07) is 9.48. The van der Waals surface area contributed by atoms with Crippen molar-refractivity contribution in [2.75, 3.05) is 14.2 Å². The summed E-state index contributed by atoms with van der Waals surface area (Å²) in [6.45, 7) is 5.33. The minimum Gasteiger partial charge on any atom is -0.457 e. The van der Waals surface area contributed by atoms with Gasteiger partial charge >= 0.3 is 5.97 Å². The average Bonchev–Trinajstić information content (AvgIpc) is 2.91. The third-order valence-electron chi connectivity index (χ3n) is 8.10. The summed E-state index contributed by atoms with van der Waals surface area (Å²) in [4.78, 5) is 13.5. The monoisotopic (exact) mass is 521 g/mol. The molecule has 9 unspecified atom stereocenters. The van der Waals surface area contributed by atoms with Gasteiger partial charge in [-0.05, 0) is 50.5 Å². The van der Waals surface area contributed by atoms with Crippen LogP contribution in [0, 0.1) is 17.8 Å². The summed E-state index contributed by atoms with van der Waals surface area (Å²) < 4.78 is 23.4. The Morgan fingerprint density at radius 1 is 1.00 bits per heavy atom. The molecule has 208 valence electrons. The van der Waals surface area contributed by atoms with E-state index in [1.165, 1.54) is 7.11 Å². The van der Waals surface area contributed by atoms with Crippen molar-refractivity contribution in [3.8, 4) is 0 Å². The summed E-state index contributed by atoms with van der Waals surface area (Å²) >= 11 is 0. The SMILES string of the molecule is COC1CCCCC(c2ccccc2)OC(=O)C(C)C2(O)OC(C(C)CCC1O)C(C)/C(=N\O)C2OC. The Kier molecular flexibility index (Phi) is 10.5. The lowest BCUT2D eigenvalue weighted by Gasteiger charge is -2.49. The predicted octanol–water partition coefficient (Wildman–Crippen LogP) is 3.84. The zero-order valence-electron chi connectivity index (χ0n) is 22.6. The number of fused-ring (bicyclic) bond motifs is 2. The first kappa shape index (κ1) is 29.5. The predicted molar refractivity (Wildman–Crippen MR) is 137 cm³/mol. The van der Waals surface area contributed by atoms with Gasteiger partial charge in [0.25, 0.3) is 0 Å². The number of carbonyl (C=O) groups is 1. The highest BCUT2D eigenvalue weighted by Gasteiger charge is 2.58. The smallest absolute Gasteiger partial charge is 0.314 e. The van der Waals surface area contributed by atoms with Crippen LogP contribution in [0.5, 0.6) is 0 Å². The van der Waals surface area contributed by atoms with Gasteiger partial charge in [0.15, 0.2) is 6.10 Å². The van der Waals surface area contributed by atoms with Gasteiger partial charge < -0.3 is 34.4 Å². The zero-order chi connectivity index (χ0) is 27.2. The molecule has 3 rings (SSSR count). The number of rotatable bonds is 3. The van der Waals surface area contributed by atoms with Gasteiger partial charge in [-0.3, -0.25) is 4.79 Å². The topological polar surface area (TPSA) is 127 Å². The summed E-state index contributed by atoms with van der Waals surface area (Å²) in [5.41, 5.74) is 1.05. The molecule has 0 radical (unpaired) electrons. The Labute approximate surface area is 219 Å². The molecule has 2 aliphatic rings.